The minimum atomic E-state index is -0.503. The average Bonchev–Trinajstić information content (AvgIpc) is 3.31. The first kappa shape index (κ1) is 26.8. The van der Waals surface area contributed by atoms with Gasteiger partial charge in [0.1, 0.15) is 18.1 Å². The highest BCUT2D eigenvalue weighted by Crippen LogP contribution is 2.54. The van der Waals surface area contributed by atoms with E-state index in [1.807, 2.05) is 24.3 Å². The summed E-state index contributed by atoms with van der Waals surface area (Å²) in [6.07, 6.45) is 2.10. The maximum Gasteiger partial charge on any atom is 0.231 e. The molecule has 0 spiro atoms. The Bertz CT molecular complexity index is 1440. The lowest BCUT2D eigenvalue weighted by molar-refractivity contribution is -0.120. The fraction of sp³-hybridized carbons (Fsp3) is 0.438. The van der Waals surface area contributed by atoms with E-state index in [0.29, 0.717) is 76.4 Å². The highest BCUT2D eigenvalue weighted by molar-refractivity contribution is 6.31. The topological polar surface area (TPSA) is 80.3 Å². The Morgan fingerprint density at radius 2 is 1.45 bits per heavy atom. The van der Waals surface area contributed by atoms with Crippen LogP contribution in [0.15, 0.2) is 53.0 Å². The van der Waals surface area contributed by atoms with Crippen molar-refractivity contribution in [3.63, 3.8) is 0 Å². The minimum absolute atomic E-state index is 0.0252. The van der Waals surface area contributed by atoms with E-state index in [1.54, 1.807) is 13.2 Å². The predicted molar refractivity (Wildman–Crippen MR) is 149 cm³/mol. The highest BCUT2D eigenvalue weighted by atomic mass is 35.5. The van der Waals surface area contributed by atoms with Crippen molar-refractivity contribution in [1.29, 1.82) is 0 Å². The van der Waals surface area contributed by atoms with Crippen LogP contribution in [0.5, 0.6) is 23.0 Å². The first-order valence-electron chi connectivity index (χ1n) is 13.5. The van der Waals surface area contributed by atoms with Crippen LogP contribution in [-0.2, 0) is 20.9 Å². The van der Waals surface area contributed by atoms with E-state index in [-0.39, 0.29) is 35.8 Å². The number of Topliss-reactive ketones (excluding diaryl/α,β-unsaturated/α-hetero) is 2. The molecule has 0 N–H and O–H groups in total. The Kier molecular flexibility index (Phi) is 6.41. The van der Waals surface area contributed by atoms with Gasteiger partial charge in [-0.1, -0.05) is 45.4 Å². The van der Waals surface area contributed by atoms with Crippen LogP contribution in [-0.4, -0.2) is 25.5 Å². The Morgan fingerprint density at radius 3 is 2.05 bits per heavy atom. The fourth-order valence-electron chi connectivity index (χ4n) is 6.22. The smallest absolute Gasteiger partial charge is 0.231 e. The van der Waals surface area contributed by atoms with Crippen molar-refractivity contribution in [2.75, 3.05) is 13.9 Å². The van der Waals surface area contributed by atoms with Crippen LogP contribution in [0.2, 0.25) is 5.02 Å². The molecule has 0 unspecified atom stereocenters. The van der Waals surface area contributed by atoms with Gasteiger partial charge in [0, 0.05) is 54.4 Å². The zero-order valence-corrected chi connectivity index (χ0v) is 24.2. The first-order chi connectivity index (χ1) is 18.9. The monoisotopic (exact) mass is 564 g/mol. The van der Waals surface area contributed by atoms with E-state index in [0.717, 1.165) is 11.1 Å². The number of ether oxygens (including phenoxy) is 5. The van der Waals surface area contributed by atoms with Gasteiger partial charge in [-0.25, -0.2) is 0 Å². The fourth-order valence-corrected chi connectivity index (χ4v) is 6.42. The van der Waals surface area contributed by atoms with Gasteiger partial charge in [0.05, 0.1) is 12.1 Å². The number of carbonyl (C=O) groups excluding carboxylic acids is 2. The largest absolute Gasteiger partial charge is 0.493 e. The third-order valence-corrected chi connectivity index (χ3v) is 8.38. The van der Waals surface area contributed by atoms with Gasteiger partial charge in [0.15, 0.2) is 34.6 Å². The van der Waals surface area contributed by atoms with Crippen molar-refractivity contribution in [3.8, 4) is 23.0 Å². The molecular weight excluding hydrogens is 532 g/mol. The molecule has 4 aliphatic rings. The number of fused-ring (bicyclic) bond motifs is 1. The molecule has 40 heavy (non-hydrogen) atoms. The second-order valence-electron chi connectivity index (χ2n) is 12.6. The third-order valence-electron chi connectivity index (χ3n) is 8.03. The summed E-state index contributed by atoms with van der Waals surface area (Å²) in [5, 5.41) is 0.512. The van der Waals surface area contributed by atoms with Gasteiger partial charge in [0.25, 0.3) is 0 Å². The first-order valence-corrected chi connectivity index (χ1v) is 13.9. The predicted octanol–water partition coefficient (Wildman–Crippen LogP) is 7.06. The molecule has 0 fully saturated rings. The molecule has 0 saturated carbocycles. The van der Waals surface area contributed by atoms with E-state index >= 15 is 0 Å². The van der Waals surface area contributed by atoms with Crippen molar-refractivity contribution in [2.24, 2.45) is 10.8 Å². The van der Waals surface area contributed by atoms with E-state index in [4.69, 9.17) is 35.3 Å². The summed E-state index contributed by atoms with van der Waals surface area (Å²) in [7, 11) is 1.57. The standard InChI is InChI=1S/C32H33ClO7/c1-31(2)11-20(34)29-26(13-31)40-27-14-32(3,4)12-21(35)30(27)28(29)17-6-7-22(23(8-17)36-5)37-15-18-9-24-25(10-19(18)33)39-16-38-24/h6-10,28H,11-16H2,1-5H3. The van der Waals surface area contributed by atoms with Gasteiger partial charge in [-0.3, -0.25) is 9.59 Å². The quantitative estimate of drug-likeness (QED) is 0.384. The number of methoxy groups -OCH3 is 1. The normalized spacial score (nSPS) is 21.1. The molecule has 2 heterocycles. The van der Waals surface area contributed by atoms with E-state index in [2.05, 4.69) is 27.7 Å². The Labute approximate surface area is 239 Å². The number of hydrogen-bond donors (Lipinski definition) is 0. The highest BCUT2D eigenvalue weighted by Gasteiger charge is 2.48. The zero-order valence-electron chi connectivity index (χ0n) is 23.4. The number of rotatable bonds is 5. The Hall–Kier alpha value is -3.45. The van der Waals surface area contributed by atoms with Crippen LogP contribution in [0.4, 0.5) is 0 Å². The third kappa shape index (κ3) is 4.74. The van der Waals surface area contributed by atoms with Gasteiger partial charge in [-0.2, -0.15) is 0 Å². The number of halogens is 1. The molecule has 210 valence electrons. The zero-order chi connectivity index (χ0) is 28.4. The van der Waals surface area contributed by atoms with Crippen LogP contribution >= 0.6 is 11.6 Å². The molecule has 2 aromatic rings. The molecule has 0 saturated heterocycles. The van der Waals surface area contributed by atoms with Gasteiger partial charge in [-0.15, -0.1) is 0 Å². The number of ketones is 2. The lowest BCUT2D eigenvalue weighted by Crippen LogP contribution is -2.37. The van der Waals surface area contributed by atoms with Crippen molar-refractivity contribution in [1.82, 2.24) is 0 Å². The van der Waals surface area contributed by atoms with Gasteiger partial charge in [0.2, 0.25) is 6.79 Å². The molecule has 2 aromatic carbocycles. The number of allylic oxidation sites excluding steroid dienone is 4. The van der Waals surface area contributed by atoms with Crippen molar-refractivity contribution >= 4 is 23.2 Å². The molecule has 0 bridgehead atoms. The summed E-state index contributed by atoms with van der Waals surface area (Å²) in [6.45, 7) is 8.66. The lowest BCUT2D eigenvalue weighted by Gasteiger charge is -2.42. The van der Waals surface area contributed by atoms with E-state index in [1.165, 1.54) is 0 Å². The summed E-state index contributed by atoms with van der Waals surface area (Å²) in [5.74, 6) is 3.17. The van der Waals surface area contributed by atoms with Gasteiger partial charge >= 0.3 is 0 Å². The van der Waals surface area contributed by atoms with E-state index < -0.39 is 5.92 Å². The molecule has 0 radical (unpaired) electrons. The summed E-state index contributed by atoms with van der Waals surface area (Å²) >= 11 is 6.44. The molecule has 6 rings (SSSR count). The maximum atomic E-state index is 13.6. The average molecular weight is 565 g/mol. The summed E-state index contributed by atoms with van der Waals surface area (Å²) < 4.78 is 29.1. The Balaban J connectivity index is 1.37. The molecule has 0 aromatic heterocycles. The lowest BCUT2D eigenvalue weighted by atomic mass is 9.65. The van der Waals surface area contributed by atoms with Crippen LogP contribution in [0, 0.1) is 10.8 Å². The maximum absolute atomic E-state index is 13.6. The van der Waals surface area contributed by atoms with Crippen LogP contribution < -0.4 is 18.9 Å². The SMILES string of the molecule is COc1cc(C2C3=C(CC(C)(C)CC3=O)OC3=C2C(=O)CC(C)(C)C3)ccc1OCc1cc2c(cc1Cl)OCO2. The van der Waals surface area contributed by atoms with Crippen molar-refractivity contribution in [3.05, 3.63) is 69.1 Å². The molecule has 8 heteroatoms. The summed E-state index contributed by atoms with van der Waals surface area (Å²) in [4.78, 5) is 27.1. The van der Waals surface area contributed by atoms with Crippen LogP contribution in [0.3, 0.4) is 0 Å². The van der Waals surface area contributed by atoms with Crippen molar-refractivity contribution in [2.45, 2.75) is 65.9 Å². The van der Waals surface area contributed by atoms with Gasteiger partial charge in [-0.05, 0) is 34.6 Å². The second-order valence-corrected chi connectivity index (χ2v) is 13.0. The minimum Gasteiger partial charge on any atom is -0.493 e. The second kappa shape index (κ2) is 9.58. The molecule has 0 amide bonds. The number of hydrogen-bond acceptors (Lipinski definition) is 7. The summed E-state index contributed by atoms with van der Waals surface area (Å²) in [5.41, 5.74) is 2.31. The summed E-state index contributed by atoms with van der Waals surface area (Å²) in [6, 6.07) is 9.11. The molecule has 2 aliphatic heterocycles. The van der Waals surface area contributed by atoms with Crippen LogP contribution in [0.25, 0.3) is 0 Å². The van der Waals surface area contributed by atoms with E-state index in [9.17, 15) is 9.59 Å². The van der Waals surface area contributed by atoms with Crippen molar-refractivity contribution < 1.29 is 33.3 Å². The Morgan fingerprint density at radius 1 is 0.850 bits per heavy atom. The molecule has 2 aliphatic carbocycles. The molecule has 0 atom stereocenters. The number of benzene rings is 2. The number of carbonyl (C=O) groups is 2. The van der Waals surface area contributed by atoms with Crippen LogP contribution in [0.1, 0.15) is 70.4 Å². The molecule has 7 nitrogen and oxygen atoms in total. The van der Waals surface area contributed by atoms with Gasteiger partial charge < -0.3 is 23.7 Å². The molecular formula is C32H33ClO7.